The van der Waals surface area contributed by atoms with Crippen molar-refractivity contribution in [3.63, 3.8) is 0 Å². The summed E-state index contributed by atoms with van der Waals surface area (Å²) in [5.74, 6) is -0.0487. The van der Waals surface area contributed by atoms with Crippen molar-refractivity contribution in [2.45, 2.75) is 24.3 Å². The lowest BCUT2D eigenvalue weighted by atomic mass is 10.3. The Labute approximate surface area is 149 Å². The van der Waals surface area contributed by atoms with Crippen LogP contribution in [0.25, 0.3) is 0 Å². The summed E-state index contributed by atoms with van der Waals surface area (Å²) in [5, 5.41) is 0. The van der Waals surface area contributed by atoms with E-state index in [1.54, 1.807) is 17.0 Å². The van der Waals surface area contributed by atoms with Gasteiger partial charge < -0.3 is 9.64 Å². The number of benzene rings is 2. The minimum absolute atomic E-state index is 0.0184. The third kappa shape index (κ3) is 4.10. The fourth-order valence-corrected chi connectivity index (χ4v) is 3.70. The van der Waals surface area contributed by atoms with E-state index in [1.165, 1.54) is 36.4 Å². The van der Waals surface area contributed by atoms with Gasteiger partial charge >= 0.3 is 6.61 Å². The van der Waals surface area contributed by atoms with Crippen molar-refractivity contribution in [2.24, 2.45) is 0 Å². The lowest BCUT2D eigenvalue weighted by Gasteiger charge is -2.16. The molecular formula is C17H16F2N2O4S. The highest BCUT2D eigenvalue weighted by molar-refractivity contribution is 7.92. The molecule has 3 rings (SSSR count). The summed E-state index contributed by atoms with van der Waals surface area (Å²) < 4.78 is 55.7. The van der Waals surface area contributed by atoms with E-state index in [0.29, 0.717) is 18.7 Å². The fourth-order valence-electron chi connectivity index (χ4n) is 2.64. The van der Waals surface area contributed by atoms with Gasteiger partial charge in [-0.3, -0.25) is 9.52 Å². The van der Waals surface area contributed by atoms with Gasteiger partial charge in [0.2, 0.25) is 5.91 Å². The Balaban J connectivity index is 1.72. The Hall–Kier alpha value is -2.68. The summed E-state index contributed by atoms with van der Waals surface area (Å²) in [6, 6.07) is 11.1. The van der Waals surface area contributed by atoms with E-state index in [4.69, 9.17) is 0 Å². The van der Waals surface area contributed by atoms with Crippen molar-refractivity contribution in [1.82, 2.24) is 0 Å². The Kier molecular flexibility index (Phi) is 5.08. The average molecular weight is 382 g/mol. The number of halogens is 2. The molecule has 0 aliphatic carbocycles. The Bertz CT molecular complexity index is 884. The van der Waals surface area contributed by atoms with Crippen LogP contribution in [0.4, 0.5) is 20.2 Å². The van der Waals surface area contributed by atoms with E-state index in [9.17, 15) is 22.0 Å². The number of nitrogens with zero attached hydrogens (tertiary/aromatic N) is 1. The summed E-state index contributed by atoms with van der Waals surface area (Å²) >= 11 is 0. The number of carbonyl (C=O) groups is 1. The Morgan fingerprint density at radius 2 is 1.69 bits per heavy atom. The summed E-state index contributed by atoms with van der Waals surface area (Å²) in [4.78, 5) is 13.4. The number of rotatable bonds is 6. The minimum atomic E-state index is -3.85. The fraction of sp³-hybridized carbons (Fsp3) is 0.235. The molecule has 1 aliphatic rings. The lowest BCUT2D eigenvalue weighted by molar-refractivity contribution is -0.117. The molecule has 2 aromatic carbocycles. The number of hydrogen-bond acceptors (Lipinski definition) is 4. The number of nitrogens with one attached hydrogen (secondary N) is 1. The summed E-state index contributed by atoms with van der Waals surface area (Å²) in [6.45, 7) is -2.32. The van der Waals surface area contributed by atoms with Gasteiger partial charge in [0.15, 0.2) is 0 Å². The Morgan fingerprint density at radius 1 is 1.04 bits per heavy atom. The largest absolute Gasteiger partial charge is 0.435 e. The monoisotopic (exact) mass is 382 g/mol. The van der Waals surface area contributed by atoms with Crippen LogP contribution < -0.4 is 14.4 Å². The van der Waals surface area contributed by atoms with E-state index >= 15 is 0 Å². The highest BCUT2D eigenvalue weighted by Gasteiger charge is 2.22. The van der Waals surface area contributed by atoms with E-state index in [0.717, 1.165) is 6.42 Å². The van der Waals surface area contributed by atoms with Gasteiger partial charge in [0.25, 0.3) is 10.0 Å². The van der Waals surface area contributed by atoms with Crippen molar-refractivity contribution in [3.05, 3.63) is 48.5 Å². The number of amides is 1. The number of alkyl halides is 2. The second-order valence-electron chi connectivity index (χ2n) is 5.65. The van der Waals surface area contributed by atoms with Gasteiger partial charge in [0.05, 0.1) is 4.90 Å². The van der Waals surface area contributed by atoms with Gasteiger partial charge in [-0.05, 0) is 55.0 Å². The first kappa shape index (κ1) is 18.1. The van der Waals surface area contributed by atoms with Crippen LogP contribution in [0.5, 0.6) is 5.75 Å². The predicted molar refractivity (Wildman–Crippen MR) is 91.9 cm³/mol. The van der Waals surface area contributed by atoms with E-state index < -0.39 is 16.6 Å². The molecular weight excluding hydrogens is 366 g/mol. The van der Waals surface area contributed by atoms with Crippen LogP contribution in [-0.2, 0) is 14.8 Å². The van der Waals surface area contributed by atoms with Crippen LogP contribution >= 0.6 is 0 Å². The van der Waals surface area contributed by atoms with Crippen LogP contribution in [0, 0.1) is 0 Å². The van der Waals surface area contributed by atoms with Crippen LogP contribution in [0.1, 0.15) is 12.8 Å². The first-order valence-corrected chi connectivity index (χ1v) is 9.31. The first-order chi connectivity index (χ1) is 12.3. The molecule has 1 amide bonds. The molecule has 1 saturated heterocycles. The zero-order chi connectivity index (χ0) is 18.7. The number of hydrogen-bond donors (Lipinski definition) is 1. The molecule has 0 aromatic heterocycles. The third-order valence-corrected chi connectivity index (χ3v) is 5.26. The smallest absolute Gasteiger partial charge is 0.387 e. The van der Waals surface area contributed by atoms with Crippen LogP contribution in [-0.4, -0.2) is 27.5 Å². The molecule has 0 unspecified atom stereocenters. The predicted octanol–water partition coefficient (Wildman–Crippen LogP) is 3.22. The molecule has 0 atom stereocenters. The van der Waals surface area contributed by atoms with Crippen molar-refractivity contribution >= 4 is 27.3 Å². The van der Waals surface area contributed by atoms with E-state index in [-0.39, 0.29) is 22.2 Å². The van der Waals surface area contributed by atoms with Gasteiger partial charge in [-0.1, -0.05) is 0 Å². The standard InChI is InChI=1S/C17H16F2N2O4S/c18-17(19)25-14-7-3-12(4-8-14)20-26(23,24)15-9-5-13(6-10-15)21-11-1-2-16(21)22/h3-10,17,20H,1-2,11H2. The van der Waals surface area contributed by atoms with Crippen LogP contribution in [0.15, 0.2) is 53.4 Å². The van der Waals surface area contributed by atoms with Crippen molar-refractivity contribution in [3.8, 4) is 5.75 Å². The zero-order valence-corrected chi connectivity index (χ0v) is 14.4. The molecule has 1 N–H and O–H groups in total. The quantitative estimate of drug-likeness (QED) is 0.832. The maximum atomic E-state index is 12.4. The highest BCUT2D eigenvalue weighted by Crippen LogP contribution is 2.25. The zero-order valence-electron chi connectivity index (χ0n) is 13.6. The van der Waals surface area contributed by atoms with E-state index in [1.807, 2.05) is 0 Å². The number of sulfonamides is 1. The second-order valence-corrected chi connectivity index (χ2v) is 7.33. The van der Waals surface area contributed by atoms with Gasteiger partial charge in [0, 0.05) is 24.3 Å². The number of anilines is 2. The van der Waals surface area contributed by atoms with Gasteiger partial charge in [-0.25, -0.2) is 8.42 Å². The molecule has 1 fully saturated rings. The van der Waals surface area contributed by atoms with Crippen molar-refractivity contribution < 1.29 is 26.7 Å². The maximum Gasteiger partial charge on any atom is 0.387 e. The minimum Gasteiger partial charge on any atom is -0.435 e. The lowest BCUT2D eigenvalue weighted by Crippen LogP contribution is -2.23. The van der Waals surface area contributed by atoms with Gasteiger partial charge in [-0.15, -0.1) is 0 Å². The second kappa shape index (κ2) is 7.28. The third-order valence-electron chi connectivity index (χ3n) is 3.86. The van der Waals surface area contributed by atoms with Crippen molar-refractivity contribution in [2.75, 3.05) is 16.2 Å². The summed E-state index contributed by atoms with van der Waals surface area (Å²) in [7, 11) is -3.85. The molecule has 6 nitrogen and oxygen atoms in total. The molecule has 1 aliphatic heterocycles. The van der Waals surface area contributed by atoms with Crippen LogP contribution in [0.2, 0.25) is 0 Å². The summed E-state index contributed by atoms with van der Waals surface area (Å²) in [5.41, 5.74) is 0.866. The first-order valence-electron chi connectivity index (χ1n) is 7.83. The maximum absolute atomic E-state index is 12.4. The van der Waals surface area contributed by atoms with Gasteiger partial charge in [-0.2, -0.15) is 8.78 Å². The molecule has 2 aromatic rings. The average Bonchev–Trinajstić information content (AvgIpc) is 3.02. The molecule has 138 valence electrons. The number of ether oxygens (including phenoxy) is 1. The molecule has 26 heavy (non-hydrogen) atoms. The SMILES string of the molecule is O=C1CCCN1c1ccc(S(=O)(=O)Nc2ccc(OC(F)F)cc2)cc1. The van der Waals surface area contributed by atoms with Crippen molar-refractivity contribution in [1.29, 1.82) is 0 Å². The number of carbonyl (C=O) groups excluding carboxylic acids is 1. The normalized spacial score (nSPS) is 14.7. The van der Waals surface area contributed by atoms with Crippen LogP contribution in [0.3, 0.4) is 0 Å². The molecule has 0 bridgehead atoms. The van der Waals surface area contributed by atoms with Gasteiger partial charge in [0.1, 0.15) is 5.75 Å². The topological polar surface area (TPSA) is 75.7 Å². The Morgan fingerprint density at radius 3 is 2.23 bits per heavy atom. The highest BCUT2D eigenvalue weighted by atomic mass is 32.2. The van der Waals surface area contributed by atoms with E-state index in [2.05, 4.69) is 9.46 Å². The molecule has 0 saturated carbocycles. The molecule has 0 spiro atoms. The molecule has 0 radical (unpaired) electrons. The summed E-state index contributed by atoms with van der Waals surface area (Å²) in [6.07, 6.45) is 1.28. The molecule has 1 heterocycles. The molecule has 9 heteroatoms.